The van der Waals surface area contributed by atoms with Crippen LogP contribution in [0.4, 0.5) is 0 Å². The summed E-state index contributed by atoms with van der Waals surface area (Å²) in [6.45, 7) is 3.83. The van der Waals surface area contributed by atoms with E-state index in [4.69, 9.17) is 0 Å². The Balaban J connectivity index is 2.16. The quantitative estimate of drug-likeness (QED) is 0.766. The molecule has 0 bridgehead atoms. The molecule has 1 atom stereocenters. The van der Waals surface area contributed by atoms with Crippen LogP contribution in [0.3, 0.4) is 0 Å². The van der Waals surface area contributed by atoms with Gasteiger partial charge in [-0.05, 0) is 43.0 Å². The fourth-order valence-corrected chi connectivity index (χ4v) is 3.45. The normalized spacial score (nSPS) is 14.5. The van der Waals surface area contributed by atoms with E-state index < -0.39 is 5.60 Å². The zero-order valence-corrected chi connectivity index (χ0v) is 11.7. The average molecular weight is 269 g/mol. The first-order valence-electron chi connectivity index (χ1n) is 6.21. The molecule has 0 saturated carbocycles. The molecule has 19 heavy (non-hydrogen) atoms. The van der Waals surface area contributed by atoms with Crippen LogP contribution in [0.1, 0.15) is 22.9 Å². The number of hydrogen-bond donors (Lipinski definition) is 1. The third-order valence-electron chi connectivity index (χ3n) is 3.47. The van der Waals surface area contributed by atoms with Crippen molar-refractivity contribution < 1.29 is 5.11 Å². The van der Waals surface area contributed by atoms with Crippen LogP contribution < -0.4 is 0 Å². The van der Waals surface area contributed by atoms with Crippen LogP contribution in [0, 0.1) is 6.92 Å². The topological polar surface area (TPSA) is 33.1 Å². The summed E-state index contributed by atoms with van der Waals surface area (Å²) in [6, 6.07) is 12.2. The van der Waals surface area contributed by atoms with Crippen molar-refractivity contribution in [3.05, 3.63) is 64.8 Å². The molecule has 2 aromatic heterocycles. The molecule has 0 amide bonds. The van der Waals surface area contributed by atoms with Crippen molar-refractivity contribution in [2.75, 3.05) is 0 Å². The predicted octanol–water partition coefficient (Wildman–Crippen LogP) is 3.86. The van der Waals surface area contributed by atoms with Gasteiger partial charge in [-0.15, -0.1) is 11.3 Å². The maximum atomic E-state index is 10.9. The average Bonchev–Trinajstić information content (AvgIpc) is 2.83. The molecule has 0 aliphatic carbocycles. The molecule has 2 nitrogen and oxygen atoms in total. The minimum atomic E-state index is -0.998. The summed E-state index contributed by atoms with van der Waals surface area (Å²) >= 11 is 1.63. The summed E-state index contributed by atoms with van der Waals surface area (Å²) in [7, 11) is 0. The van der Waals surface area contributed by atoms with Crippen molar-refractivity contribution in [3.8, 4) is 0 Å². The molecule has 0 spiro atoms. The van der Waals surface area contributed by atoms with Gasteiger partial charge >= 0.3 is 0 Å². The van der Waals surface area contributed by atoms with Crippen LogP contribution >= 0.6 is 11.3 Å². The Morgan fingerprint density at radius 3 is 2.74 bits per heavy atom. The van der Waals surface area contributed by atoms with Gasteiger partial charge in [-0.2, -0.15) is 0 Å². The largest absolute Gasteiger partial charge is 0.380 e. The van der Waals surface area contributed by atoms with Gasteiger partial charge in [-0.1, -0.05) is 18.2 Å². The molecule has 1 N–H and O–H groups in total. The summed E-state index contributed by atoms with van der Waals surface area (Å²) < 4.78 is 1.19. The van der Waals surface area contributed by atoms with Crippen molar-refractivity contribution >= 4 is 21.4 Å². The summed E-state index contributed by atoms with van der Waals surface area (Å²) in [5, 5.41) is 12.1. The molecule has 3 aromatic rings. The lowest BCUT2D eigenvalue weighted by Gasteiger charge is -2.23. The number of rotatable bonds is 2. The number of aromatic nitrogens is 1. The molecule has 0 radical (unpaired) electrons. The minimum Gasteiger partial charge on any atom is -0.380 e. The lowest BCUT2D eigenvalue weighted by Crippen LogP contribution is -2.22. The first kappa shape index (κ1) is 12.3. The van der Waals surface area contributed by atoms with E-state index in [1.807, 2.05) is 32.0 Å². The zero-order valence-electron chi connectivity index (χ0n) is 10.9. The van der Waals surface area contributed by atoms with Crippen LogP contribution in [0.25, 0.3) is 10.1 Å². The van der Waals surface area contributed by atoms with E-state index >= 15 is 0 Å². The van der Waals surface area contributed by atoms with Gasteiger partial charge in [-0.25, -0.2) is 0 Å². The van der Waals surface area contributed by atoms with Gasteiger partial charge in [-0.3, -0.25) is 4.98 Å². The summed E-state index contributed by atoms with van der Waals surface area (Å²) in [4.78, 5) is 5.08. The van der Waals surface area contributed by atoms with Crippen LogP contribution in [-0.2, 0) is 5.60 Å². The Morgan fingerprint density at radius 1 is 1.21 bits per heavy atom. The zero-order chi connectivity index (χ0) is 13.5. The predicted molar refractivity (Wildman–Crippen MR) is 79.5 cm³/mol. The summed E-state index contributed by atoms with van der Waals surface area (Å²) in [5.41, 5.74) is 0.918. The number of aryl methyl sites for hydroxylation is 1. The van der Waals surface area contributed by atoms with Crippen LogP contribution in [0.15, 0.2) is 48.8 Å². The van der Waals surface area contributed by atoms with Crippen molar-refractivity contribution in [2.24, 2.45) is 0 Å². The van der Waals surface area contributed by atoms with Gasteiger partial charge in [0, 0.05) is 27.5 Å². The third-order valence-corrected chi connectivity index (χ3v) is 4.80. The Morgan fingerprint density at radius 2 is 2.00 bits per heavy atom. The standard InChI is InChI=1S/C16H15NOS/c1-11-7-8-17-10-13(11)16(2,18)15-9-12-5-3-4-6-14(12)19-15/h3-10,18H,1-2H3. The van der Waals surface area contributed by atoms with Gasteiger partial charge in [0.05, 0.1) is 0 Å². The van der Waals surface area contributed by atoms with Crippen molar-refractivity contribution in [1.82, 2.24) is 4.98 Å². The van der Waals surface area contributed by atoms with Crippen LogP contribution in [-0.4, -0.2) is 10.1 Å². The molecular formula is C16H15NOS. The van der Waals surface area contributed by atoms with Crippen LogP contribution in [0.2, 0.25) is 0 Å². The van der Waals surface area contributed by atoms with E-state index in [-0.39, 0.29) is 0 Å². The van der Waals surface area contributed by atoms with Crippen molar-refractivity contribution in [1.29, 1.82) is 0 Å². The Labute approximate surface area is 116 Å². The van der Waals surface area contributed by atoms with Crippen molar-refractivity contribution in [3.63, 3.8) is 0 Å². The Kier molecular flexibility index (Phi) is 2.88. The smallest absolute Gasteiger partial charge is 0.123 e. The molecule has 0 aliphatic heterocycles. The second-order valence-corrected chi connectivity index (χ2v) is 6.00. The maximum absolute atomic E-state index is 10.9. The van der Waals surface area contributed by atoms with Gasteiger partial charge in [0.1, 0.15) is 5.60 Å². The summed E-state index contributed by atoms with van der Waals surface area (Å²) in [5.74, 6) is 0. The highest BCUT2D eigenvalue weighted by Crippen LogP contribution is 2.37. The molecule has 0 fully saturated rings. The van der Waals surface area contributed by atoms with E-state index in [0.717, 1.165) is 16.0 Å². The molecule has 2 heterocycles. The SMILES string of the molecule is Cc1ccncc1C(C)(O)c1cc2ccccc2s1. The number of thiophene rings is 1. The molecule has 3 heteroatoms. The number of hydrogen-bond acceptors (Lipinski definition) is 3. The molecule has 96 valence electrons. The molecule has 1 aromatic carbocycles. The Bertz CT molecular complexity index is 697. The van der Waals surface area contributed by atoms with E-state index in [9.17, 15) is 5.11 Å². The number of nitrogens with zero attached hydrogens (tertiary/aromatic N) is 1. The van der Waals surface area contributed by atoms with Gasteiger partial charge in [0.25, 0.3) is 0 Å². The first-order chi connectivity index (χ1) is 9.09. The molecule has 3 rings (SSSR count). The lowest BCUT2D eigenvalue weighted by atomic mass is 9.92. The highest BCUT2D eigenvalue weighted by molar-refractivity contribution is 7.19. The summed E-state index contributed by atoms with van der Waals surface area (Å²) in [6.07, 6.45) is 3.50. The van der Waals surface area contributed by atoms with E-state index in [1.54, 1.807) is 23.7 Å². The van der Waals surface area contributed by atoms with Gasteiger partial charge in [0.2, 0.25) is 0 Å². The number of aliphatic hydroxyl groups is 1. The molecule has 1 unspecified atom stereocenters. The Hall–Kier alpha value is -1.71. The number of fused-ring (bicyclic) bond motifs is 1. The lowest BCUT2D eigenvalue weighted by molar-refractivity contribution is 0.105. The highest BCUT2D eigenvalue weighted by atomic mass is 32.1. The van der Waals surface area contributed by atoms with Gasteiger partial charge < -0.3 is 5.11 Å². The van der Waals surface area contributed by atoms with E-state index in [0.29, 0.717) is 0 Å². The van der Waals surface area contributed by atoms with Crippen LogP contribution in [0.5, 0.6) is 0 Å². The fourth-order valence-electron chi connectivity index (χ4n) is 2.33. The molecule has 0 saturated heterocycles. The fraction of sp³-hybridized carbons (Fsp3) is 0.188. The number of benzene rings is 1. The molecule has 0 aliphatic rings. The van der Waals surface area contributed by atoms with Crippen molar-refractivity contribution in [2.45, 2.75) is 19.4 Å². The maximum Gasteiger partial charge on any atom is 0.123 e. The monoisotopic (exact) mass is 269 g/mol. The van der Waals surface area contributed by atoms with Gasteiger partial charge in [0.15, 0.2) is 0 Å². The van der Waals surface area contributed by atoms with E-state index in [1.165, 1.54) is 10.1 Å². The second kappa shape index (κ2) is 4.44. The minimum absolute atomic E-state index is 0.863. The first-order valence-corrected chi connectivity index (χ1v) is 7.03. The number of pyridine rings is 1. The molecular weight excluding hydrogens is 254 g/mol. The second-order valence-electron chi connectivity index (χ2n) is 4.91. The van der Waals surface area contributed by atoms with E-state index in [2.05, 4.69) is 23.2 Å². The highest BCUT2D eigenvalue weighted by Gasteiger charge is 2.29. The third kappa shape index (κ3) is 2.05.